The van der Waals surface area contributed by atoms with Crippen molar-refractivity contribution < 1.29 is 19.1 Å². The first kappa shape index (κ1) is 19.1. The van der Waals surface area contributed by atoms with Gasteiger partial charge in [-0.3, -0.25) is 9.59 Å². The summed E-state index contributed by atoms with van der Waals surface area (Å²) >= 11 is 0. The molecule has 0 aliphatic carbocycles. The van der Waals surface area contributed by atoms with Crippen LogP contribution in [0.3, 0.4) is 0 Å². The van der Waals surface area contributed by atoms with Crippen LogP contribution in [-0.4, -0.2) is 23.1 Å². The largest absolute Gasteiger partial charge is 0.507 e. The number of rotatable bonds is 5. The minimum atomic E-state index is -1.06. The van der Waals surface area contributed by atoms with E-state index in [0.29, 0.717) is 16.7 Å². The van der Waals surface area contributed by atoms with Gasteiger partial charge in [-0.25, -0.2) is 9.82 Å². The molecule has 0 aromatic heterocycles. The van der Waals surface area contributed by atoms with Crippen LogP contribution in [-0.2, 0) is 9.59 Å². The Morgan fingerprint density at radius 1 is 1.15 bits per heavy atom. The maximum absolute atomic E-state index is 13.5. The fourth-order valence-corrected chi connectivity index (χ4v) is 2.25. The normalized spacial score (nSPS) is 12.0. The molecule has 2 aromatic carbocycles. The van der Waals surface area contributed by atoms with E-state index in [2.05, 4.69) is 15.8 Å². The molecule has 0 bridgehead atoms. The lowest BCUT2D eigenvalue weighted by Crippen LogP contribution is -2.34. The van der Waals surface area contributed by atoms with Crippen LogP contribution in [0.2, 0.25) is 0 Å². The fraction of sp³-hybridized carbons (Fsp3) is 0.211. The first-order chi connectivity index (χ1) is 12.3. The predicted octanol–water partition coefficient (Wildman–Crippen LogP) is 2.87. The molecule has 136 valence electrons. The SMILES string of the molecule is Cc1cc(C=NNC(=O)C(C)C(=O)Nc2ccccc2F)cc(C)c1O. The van der Waals surface area contributed by atoms with E-state index < -0.39 is 23.5 Å². The van der Waals surface area contributed by atoms with Gasteiger partial charge in [0.2, 0.25) is 5.91 Å². The van der Waals surface area contributed by atoms with E-state index in [1.807, 2.05) is 0 Å². The van der Waals surface area contributed by atoms with Gasteiger partial charge in [0.15, 0.2) is 0 Å². The number of para-hydroxylation sites is 1. The van der Waals surface area contributed by atoms with Gasteiger partial charge in [0, 0.05) is 0 Å². The van der Waals surface area contributed by atoms with Crippen molar-refractivity contribution in [3.8, 4) is 5.75 Å². The molecule has 6 nitrogen and oxygen atoms in total. The van der Waals surface area contributed by atoms with Crippen molar-refractivity contribution in [1.29, 1.82) is 0 Å². The Hall–Kier alpha value is -3.22. The van der Waals surface area contributed by atoms with Crippen LogP contribution in [0.15, 0.2) is 41.5 Å². The molecular weight excluding hydrogens is 337 g/mol. The lowest BCUT2D eigenvalue weighted by Gasteiger charge is -2.11. The van der Waals surface area contributed by atoms with Crippen LogP contribution in [0, 0.1) is 25.6 Å². The zero-order valence-corrected chi connectivity index (χ0v) is 14.7. The Bertz CT molecular complexity index is 842. The first-order valence-corrected chi connectivity index (χ1v) is 7.98. The quantitative estimate of drug-likeness (QED) is 0.437. The molecular formula is C19H20FN3O3. The van der Waals surface area contributed by atoms with Gasteiger partial charge in [0.1, 0.15) is 17.5 Å². The number of halogens is 1. The lowest BCUT2D eigenvalue weighted by molar-refractivity contribution is -0.131. The van der Waals surface area contributed by atoms with Gasteiger partial charge in [-0.2, -0.15) is 5.10 Å². The van der Waals surface area contributed by atoms with Crippen molar-refractivity contribution in [2.45, 2.75) is 20.8 Å². The number of carbonyl (C=O) groups is 2. The number of amides is 2. The molecule has 2 amide bonds. The van der Waals surface area contributed by atoms with Gasteiger partial charge < -0.3 is 10.4 Å². The van der Waals surface area contributed by atoms with Crippen molar-refractivity contribution in [2.75, 3.05) is 5.32 Å². The molecule has 2 aromatic rings. The second-order valence-corrected chi connectivity index (χ2v) is 5.93. The molecule has 3 N–H and O–H groups in total. The van der Waals surface area contributed by atoms with Crippen molar-refractivity contribution in [3.05, 3.63) is 58.9 Å². The van der Waals surface area contributed by atoms with E-state index >= 15 is 0 Å². The summed E-state index contributed by atoms with van der Waals surface area (Å²) in [6, 6.07) is 9.13. The van der Waals surface area contributed by atoms with E-state index in [1.165, 1.54) is 31.3 Å². The van der Waals surface area contributed by atoms with Gasteiger partial charge in [-0.15, -0.1) is 0 Å². The molecule has 0 aliphatic rings. The monoisotopic (exact) mass is 357 g/mol. The number of hydrogen-bond acceptors (Lipinski definition) is 4. The number of benzene rings is 2. The third-order valence-electron chi connectivity index (χ3n) is 3.82. The molecule has 0 spiro atoms. The Kier molecular flexibility index (Phi) is 6.06. The third kappa shape index (κ3) is 4.66. The minimum absolute atomic E-state index is 0.00990. The van der Waals surface area contributed by atoms with E-state index in [0.717, 1.165) is 0 Å². The number of nitrogens with zero attached hydrogens (tertiary/aromatic N) is 1. The molecule has 0 saturated heterocycles. The lowest BCUT2D eigenvalue weighted by atomic mass is 10.1. The average molecular weight is 357 g/mol. The molecule has 1 unspecified atom stereocenters. The van der Waals surface area contributed by atoms with Crippen molar-refractivity contribution in [1.82, 2.24) is 5.43 Å². The van der Waals surface area contributed by atoms with Gasteiger partial charge in [0.25, 0.3) is 5.91 Å². The van der Waals surface area contributed by atoms with E-state index in [-0.39, 0.29) is 11.4 Å². The van der Waals surface area contributed by atoms with Crippen LogP contribution in [0.4, 0.5) is 10.1 Å². The van der Waals surface area contributed by atoms with E-state index in [9.17, 15) is 19.1 Å². The third-order valence-corrected chi connectivity index (χ3v) is 3.82. The highest BCUT2D eigenvalue weighted by Gasteiger charge is 2.22. The summed E-state index contributed by atoms with van der Waals surface area (Å²) in [5, 5.41) is 15.9. The summed E-state index contributed by atoms with van der Waals surface area (Å²) in [4.78, 5) is 24.1. The summed E-state index contributed by atoms with van der Waals surface area (Å²) < 4.78 is 13.5. The Morgan fingerprint density at radius 2 is 1.77 bits per heavy atom. The topological polar surface area (TPSA) is 90.8 Å². The van der Waals surface area contributed by atoms with Gasteiger partial charge >= 0.3 is 0 Å². The van der Waals surface area contributed by atoms with Gasteiger partial charge in [-0.1, -0.05) is 12.1 Å². The number of phenolic OH excluding ortho intramolecular Hbond substituents is 1. The molecule has 2 rings (SSSR count). The molecule has 0 fully saturated rings. The summed E-state index contributed by atoms with van der Waals surface area (Å²) in [7, 11) is 0. The van der Waals surface area contributed by atoms with Crippen LogP contribution >= 0.6 is 0 Å². The minimum Gasteiger partial charge on any atom is -0.507 e. The average Bonchev–Trinajstić information content (AvgIpc) is 2.60. The van der Waals surface area contributed by atoms with Crippen LogP contribution in [0.5, 0.6) is 5.75 Å². The summed E-state index contributed by atoms with van der Waals surface area (Å²) in [5.74, 6) is -2.69. The number of hydrazone groups is 1. The second kappa shape index (κ2) is 8.24. The second-order valence-electron chi connectivity index (χ2n) is 5.93. The molecule has 0 radical (unpaired) electrons. The number of aryl methyl sites for hydroxylation is 2. The van der Waals surface area contributed by atoms with Crippen molar-refractivity contribution in [3.63, 3.8) is 0 Å². The van der Waals surface area contributed by atoms with Gasteiger partial charge in [-0.05, 0) is 61.7 Å². The highest BCUT2D eigenvalue weighted by Crippen LogP contribution is 2.22. The maximum atomic E-state index is 13.5. The van der Waals surface area contributed by atoms with Crippen molar-refractivity contribution in [2.24, 2.45) is 11.0 Å². The number of nitrogens with one attached hydrogen (secondary N) is 2. The van der Waals surface area contributed by atoms with E-state index in [1.54, 1.807) is 32.0 Å². The number of aromatic hydroxyl groups is 1. The summed E-state index contributed by atoms with van der Waals surface area (Å²) in [6.45, 7) is 4.91. The zero-order chi connectivity index (χ0) is 19.3. The fourth-order valence-electron chi connectivity index (χ4n) is 2.25. The Morgan fingerprint density at radius 3 is 2.38 bits per heavy atom. The molecule has 0 aliphatic heterocycles. The maximum Gasteiger partial charge on any atom is 0.252 e. The molecule has 0 heterocycles. The zero-order valence-electron chi connectivity index (χ0n) is 14.7. The number of hydrogen-bond donors (Lipinski definition) is 3. The number of anilines is 1. The van der Waals surface area contributed by atoms with Crippen LogP contribution in [0.25, 0.3) is 0 Å². The highest BCUT2D eigenvalue weighted by atomic mass is 19.1. The standard InChI is InChI=1S/C19H20FN3O3/c1-11-8-14(9-12(2)17(11)24)10-21-23-19(26)13(3)18(25)22-16-7-5-4-6-15(16)20/h4-10,13,24H,1-3H3,(H,22,25)(H,23,26). The molecule has 26 heavy (non-hydrogen) atoms. The summed E-state index contributed by atoms with van der Waals surface area (Å²) in [6.07, 6.45) is 1.42. The van der Waals surface area contributed by atoms with Crippen molar-refractivity contribution >= 4 is 23.7 Å². The Balaban J connectivity index is 1.96. The highest BCUT2D eigenvalue weighted by molar-refractivity contribution is 6.06. The first-order valence-electron chi connectivity index (χ1n) is 7.98. The predicted molar refractivity (Wildman–Crippen MR) is 97.5 cm³/mol. The van der Waals surface area contributed by atoms with Gasteiger partial charge in [0.05, 0.1) is 11.9 Å². The Labute approximate surface area is 150 Å². The molecule has 0 saturated carbocycles. The molecule has 1 atom stereocenters. The molecule has 7 heteroatoms. The number of carbonyl (C=O) groups excluding carboxylic acids is 2. The summed E-state index contributed by atoms with van der Waals surface area (Å²) in [5.41, 5.74) is 4.37. The van der Waals surface area contributed by atoms with Crippen LogP contribution in [0.1, 0.15) is 23.6 Å². The number of phenols is 1. The van der Waals surface area contributed by atoms with E-state index in [4.69, 9.17) is 0 Å². The smallest absolute Gasteiger partial charge is 0.252 e. The van der Waals surface area contributed by atoms with Crippen LogP contribution < -0.4 is 10.7 Å².